The Morgan fingerprint density at radius 3 is 2.47 bits per heavy atom. The van der Waals surface area contributed by atoms with Gasteiger partial charge in [0, 0.05) is 26.9 Å². The van der Waals surface area contributed by atoms with Gasteiger partial charge in [-0.1, -0.05) is 40.1 Å². The number of halogens is 2. The van der Waals surface area contributed by atoms with Crippen LogP contribution in [-0.2, 0) is 21.9 Å². The highest BCUT2D eigenvalue weighted by atomic mass is 79.9. The van der Waals surface area contributed by atoms with E-state index in [9.17, 15) is 12.8 Å². The highest BCUT2D eigenvalue weighted by Crippen LogP contribution is 2.63. The first-order valence-electron chi connectivity index (χ1n) is 9.91. The highest BCUT2D eigenvalue weighted by molar-refractivity contribution is 9.10. The third kappa shape index (κ3) is 2.88. The molecule has 0 aliphatic heterocycles. The van der Waals surface area contributed by atoms with Crippen LogP contribution in [0.25, 0.3) is 11.3 Å². The Labute approximate surface area is 193 Å². The lowest BCUT2D eigenvalue weighted by molar-refractivity contribution is 0.373. The Bertz CT molecular complexity index is 1310. The molecule has 2 aliphatic rings. The predicted octanol–water partition coefficient (Wildman–Crippen LogP) is 4.70. The molecule has 0 saturated heterocycles. The minimum absolute atomic E-state index is 0.0317. The number of hydrogen-bond acceptors (Lipinski definition) is 6. The van der Waals surface area contributed by atoms with E-state index in [1.165, 1.54) is 26.4 Å². The fourth-order valence-corrected chi connectivity index (χ4v) is 6.46. The molecule has 2 aromatic carbocycles. The molecule has 1 spiro atoms. The van der Waals surface area contributed by atoms with Crippen LogP contribution < -0.4 is 14.2 Å². The number of nitrogens with zero attached hydrogens (tertiary/aromatic N) is 1. The second-order valence-corrected chi connectivity index (χ2v) is 10.6. The summed E-state index contributed by atoms with van der Waals surface area (Å²) in [6, 6.07) is 10.3. The Morgan fingerprint density at radius 2 is 1.88 bits per heavy atom. The van der Waals surface area contributed by atoms with E-state index < -0.39 is 21.6 Å². The van der Waals surface area contributed by atoms with Crippen LogP contribution >= 0.6 is 15.9 Å². The number of nitrogens with one attached hydrogen (secondary N) is 1. The first-order chi connectivity index (χ1) is 15.2. The molecule has 5 rings (SSSR count). The SMILES string of the molecule is COc1cccc(OC)c1S(=O)(=O)Nc1noc2c1C[C@]1(c3ccc(Br)cc3-2)[C@H](C)[C@H]1F. The quantitative estimate of drug-likeness (QED) is 0.522. The van der Waals surface area contributed by atoms with Crippen molar-refractivity contribution in [3.8, 4) is 22.8 Å². The van der Waals surface area contributed by atoms with E-state index in [1.54, 1.807) is 6.07 Å². The summed E-state index contributed by atoms with van der Waals surface area (Å²) < 4.78 is 60.9. The zero-order valence-electron chi connectivity index (χ0n) is 17.5. The lowest BCUT2D eigenvalue weighted by atomic mass is 9.78. The van der Waals surface area contributed by atoms with Crippen LogP contribution in [0.1, 0.15) is 18.1 Å². The lowest BCUT2D eigenvalue weighted by Gasteiger charge is -2.25. The summed E-state index contributed by atoms with van der Waals surface area (Å²) in [5.74, 6) is 0.510. The summed E-state index contributed by atoms with van der Waals surface area (Å²) >= 11 is 3.45. The Morgan fingerprint density at radius 1 is 1.22 bits per heavy atom. The fourth-order valence-electron chi connectivity index (χ4n) is 4.75. The molecule has 1 aromatic heterocycles. The van der Waals surface area contributed by atoms with Crippen molar-refractivity contribution < 1.29 is 26.8 Å². The molecule has 1 saturated carbocycles. The Balaban J connectivity index is 1.62. The number of methoxy groups -OCH3 is 2. The van der Waals surface area contributed by atoms with Crippen molar-refractivity contribution in [3.63, 3.8) is 0 Å². The summed E-state index contributed by atoms with van der Waals surface area (Å²) in [6.45, 7) is 1.86. The van der Waals surface area contributed by atoms with Gasteiger partial charge in [-0.3, -0.25) is 4.72 Å². The van der Waals surface area contributed by atoms with E-state index in [-0.39, 0.29) is 34.6 Å². The van der Waals surface area contributed by atoms with Crippen molar-refractivity contribution in [2.24, 2.45) is 5.92 Å². The van der Waals surface area contributed by atoms with E-state index in [2.05, 4.69) is 25.8 Å². The Hall–Kier alpha value is -2.59. The molecular formula is C22H20BrFN2O5S. The van der Waals surface area contributed by atoms with Crippen LogP contribution in [-0.4, -0.2) is 34.0 Å². The molecule has 0 bridgehead atoms. The molecule has 2 aliphatic carbocycles. The molecule has 1 heterocycles. The number of hydrogen-bond donors (Lipinski definition) is 1. The van der Waals surface area contributed by atoms with Gasteiger partial charge in [-0.05, 0) is 36.2 Å². The van der Waals surface area contributed by atoms with Crippen molar-refractivity contribution in [2.75, 3.05) is 18.9 Å². The minimum atomic E-state index is -4.16. The summed E-state index contributed by atoms with van der Waals surface area (Å²) in [4.78, 5) is -0.154. The number of benzene rings is 2. The van der Waals surface area contributed by atoms with Crippen LogP contribution in [0.3, 0.4) is 0 Å². The standard InChI is InChI=1S/C22H20BrFN2O5S/c1-11-20(24)22(11)10-14-18(13-9-12(23)7-8-15(13)22)31-25-21(14)26-32(27,28)19-16(29-2)5-4-6-17(19)30-3/h4-9,11,20H,10H2,1-3H3,(H,25,26)/t11-,20-,22-/m1/s1. The van der Waals surface area contributed by atoms with E-state index in [0.717, 1.165) is 10.0 Å². The van der Waals surface area contributed by atoms with Gasteiger partial charge < -0.3 is 14.0 Å². The maximum absolute atomic E-state index is 14.9. The first-order valence-corrected chi connectivity index (χ1v) is 12.2. The van der Waals surface area contributed by atoms with Crippen molar-refractivity contribution in [2.45, 2.75) is 29.8 Å². The Kier molecular flexibility index (Phi) is 4.79. The summed E-state index contributed by atoms with van der Waals surface area (Å²) in [6.07, 6.45) is -0.756. The molecule has 32 heavy (non-hydrogen) atoms. The minimum Gasteiger partial charge on any atom is -0.495 e. The molecule has 168 valence electrons. The average Bonchev–Trinajstić information content (AvgIpc) is 3.09. The van der Waals surface area contributed by atoms with Crippen molar-refractivity contribution >= 4 is 31.8 Å². The molecule has 0 amide bonds. The number of rotatable bonds is 5. The van der Waals surface area contributed by atoms with Gasteiger partial charge in [0.1, 0.15) is 17.7 Å². The maximum Gasteiger partial charge on any atom is 0.270 e. The largest absolute Gasteiger partial charge is 0.495 e. The van der Waals surface area contributed by atoms with Crippen molar-refractivity contribution in [1.82, 2.24) is 5.16 Å². The van der Waals surface area contributed by atoms with Gasteiger partial charge in [-0.2, -0.15) is 0 Å². The zero-order valence-corrected chi connectivity index (χ0v) is 19.9. The second kappa shape index (κ2) is 7.21. The number of sulfonamides is 1. The summed E-state index contributed by atoms with van der Waals surface area (Å²) in [5.41, 5.74) is 1.36. The normalized spacial score (nSPS) is 23.4. The third-order valence-electron chi connectivity index (χ3n) is 6.50. The van der Waals surface area contributed by atoms with E-state index in [0.29, 0.717) is 16.9 Å². The molecule has 0 unspecified atom stereocenters. The van der Waals surface area contributed by atoms with Crippen LogP contribution in [0.5, 0.6) is 11.5 Å². The van der Waals surface area contributed by atoms with Gasteiger partial charge in [-0.25, -0.2) is 12.8 Å². The topological polar surface area (TPSA) is 90.7 Å². The van der Waals surface area contributed by atoms with Crippen LogP contribution in [0.2, 0.25) is 0 Å². The molecule has 1 N–H and O–H groups in total. The molecule has 7 nitrogen and oxygen atoms in total. The van der Waals surface area contributed by atoms with Crippen LogP contribution in [0.15, 0.2) is 50.3 Å². The third-order valence-corrected chi connectivity index (χ3v) is 8.40. The lowest BCUT2D eigenvalue weighted by Crippen LogP contribution is -2.23. The zero-order chi connectivity index (χ0) is 22.8. The monoisotopic (exact) mass is 522 g/mol. The van der Waals surface area contributed by atoms with E-state index in [1.807, 2.05) is 25.1 Å². The first kappa shape index (κ1) is 21.3. The molecule has 10 heteroatoms. The van der Waals surface area contributed by atoms with Gasteiger partial charge in [0.05, 0.1) is 14.2 Å². The number of fused-ring (bicyclic) bond motifs is 4. The summed E-state index contributed by atoms with van der Waals surface area (Å²) in [5, 5.41) is 4.01. The molecule has 3 aromatic rings. The second-order valence-electron chi connectivity index (χ2n) is 8.03. The summed E-state index contributed by atoms with van der Waals surface area (Å²) in [7, 11) is -1.41. The molecule has 1 fully saturated rings. The highest BCUT2D eigenvalue weighted by Gasteiger charge is 2.66. The number of anilines is 1. The van der Waals surface area contributed by atoms with Gasteiger partial charge in [-0.15, -0.1) is 0 Å². The average molecular weight is 523 g/mol. The van der Waals surface area contributed by atoms with E-state index in [4.69, 9.17) is 14.0 Å². The molecule has 3 atom stereocenters. The van der Waals surface area contributed by atoms with Gasteiger partial charge >= 0.3 is 0 Å². The van der Waals surface area contributed by atoms with Gasteiger partial charge in [0.15, 0.2) is 16.5 Å². The number of aromatic nitrogens is 1. The van der Waals surface area contributed by atoms with Gasteiger partial charge in [0.25, 0.3) is 10.0 Å². The smallest absolute Gasteiger partial charge is 0.270 e. The molecule has 0 radical (unpaired) electrons. The number of alkyl halides is 1. The maximum atomic E-state index is 14.9. The fraction of sp³-hybridized carbons (Fsp3) is 0.318. The van der Waals surface area contributed by atoms with Crippen LogP contribution in [0, 0.1) is 5.92 Å². The molecular weight excluding hydrogens is 503 g/mol. The van der Waals surface area contributed by atoms with Crippen molar-refractivity contribution in [3.05, 3.63) is 52.0 Å². The predicted molar refractivity (Wildman–Crippen MR) is 119 cm³/mol. The van der Waals surface area contributed by atoms with Crippen molar-refractivity contribution in [1.29, 1.82) is 0 Å². The van der Waals surface area contributed by atoms with Crippen LogP contribution in [0.4, 0.5) is 10.2 Å². The number of ether oxygens (including phenoxy) is 2. The van der Waals surface area contributed by atoms with Gasteiger partial charge in [0.2, 0.25) is 0 Å². The van der Waals surface area contributed by atoms with E-state index >= 15 is 0 Å².